The van der Waals surface area contributed by atoms with E-state index in [0.717, 1.165) is 34.5 Å². The number of carbonyl (C=O) groups excluding carboxylic acids is 1. The Labute approximate surface area is 163 Å². The fourth-order valence-corrected chi connectivity index (χ4v) is 2.63. The van der Waals surface area contributed by atoms with Crippen molar-refractivity contribution in [3.8, 4) is 5.69 Å². The molecule has 1 aromatic carbocycles. The Morgan fingerprint density at radius 3 is 2.45 bits per heavy atom. The molecule has 3 aromatic rings. The zero-order valence-corrected chi connectivity index (χ0v) is 15.9. The molecule has 1 amide bonds. The number of nitrogens with zero attached hydrogens (tertiary/aromatic N) is 4. The first kappa shape index (κ1) is 20.3. The highest BCUT2D eigenvalue weighted by molar-refractivity contribution is 5.97. The fourth-order valence-electron chi connectivity index (χ4n) is 2.63. The van der Waals surface area contributed by atoms with Gasteiger partial charge in [-0.15, -0.1) is 0 Å². The van der Waals surface area contributed by atoms with Crippen LogP contribution in [0.1, 0.15) is 25.0 Å². The molecule has 2 aromatic heterocycles. The zero-order valence-electron chi connectivity index (χ0n) is 15.9. The minimum Gasteiger partial charge on any atom is -0.322 e. The number of carbonyl (C=O) groups is 1. The van der Waals surface area contributed by atoms with Crippen LogP contribution in [-0.4, -0.2) is 25.5 Å². The number of hydrogen-bond acceptors (Lipinski definition) is 4. The molecule has 0 aliphatic rings. The van der Waals surface area contributed by atoms with Gasteiger partial charge in [-0.05, 0) is 50.6 Å². The van der Waals surface area contributed by atoms with Gasteiger partial charge in [0.05, 0.1) is 23.1 Å². The van der Waals surface area contributed by atoms with Crippen LogP contribution in [0.25, 0.3) is 5.69 Å². The summed E-state index contributed by atoms with van der Waals surface area (Å²) in [5, 5.41) is 10.6. The Morgan fingerprint density at radius 1 is 1.14 bits per heavy atom. The van der Waals surface area contributed by atoms with Gasteiger partial charge in [0, 0.05) is 18.5 Å². The molecule has 2 heterocycles. The summed E-state index contributed by atoms with van der Waals surface area (Å²) in [4.78, 5) is 25.0. The molecule has 0 fully saturated rings. The Morgan fingerprint density at radius 2 is 1.86 bits per heavy atom. The molecule has 0 saturated carbocycles. The molecule has 152 valence electrons. The van der Waals surface area contributed by atoms with Gasteiger partial charge in [0.2, 0.25) is 0 Å². The average Bonchev–Trinajstić information content (AvgIpc) is 3.09. The van der Waals surface area contributed by atoms with Crippen LogP contribution in [0.5, 0.6) is 0 Å². The van der Waals surface area contributed by atoms with Crippen molar-refractivity contribution in [3.05, 3.63) is 70.4 Å². The molecule has 0 spiro atoms. The van der Waals surface area contributed by atoms with Crippen LogP contribution in [-0.2, 0) is 16.5 Å². The summed E-state index contributed by atoms with van der Waals surface area (Å²) in [6, 6.07) is 5.23. The van der Waals surface area contributed by atoms with Crippen molar-refractivity contribution < 1.29 is 18.0 Å². The van der Waals surface area contributed by atoms with E-state index in [1.54, 1.807) is 26.2 Å². The monoisotopic (exact) mass is 405 g/mol. The maximum atomic E-state index is 13.2. The maximum absolute atomic E-state index is 13.2. The Balaban J connectivity index is 2.06. The van der Waals surface area contributed by atoms with Gasteiger partial charge in [-0.1, -0.05) is 0 Å². The van der Waals surface area contributed by atoms with E-state index in [-0.39, 0.29) is 11.4 Å². The molecule has 0 atom stereocenters. The number of amides is 1. The van der Waals surface area contributed by atoms with Crippen molar-refractivity contribution >= 4 is 11.6 Å². The van der Waals surface area contributed by atoms with Gasteiger partial charge in [-0.3, -0.25) is 14.3 Å². The predicted octanol–water partition coefficient (Wildman–Crippen LogP) is 3.13. The van der Waals surface area contributed by atoms with Gasteiger partial charge in [0.15, 0.2) is 0 Å². The summed E-state index contributed by atoms with van der Waals surface area (Å²) in [5.74, 6) is -0.523. The molecule has 0 aliphatic carbocycles. The summed E-state index contributed by atoms with van der Waals surface area (Å²) < 4.78 is 41.8. The van der Waals surface area contributed by atoms with Crippen molar-refractivity contribution in [1.29, 1.82) is 0 Å². The number of benzene rings is 1. The van der Waals surface area contributed by atoms with E-state index < -0.39 is 28.7 Å². The molecule has 10 heteroatoms. The van der Waals surface area contributed by atoms with Crippen molar-refractivity contribution in [2.45, 2.75) is 32.5 Å². The highest BCUT2D eigenvalue weighted by Crippen LogP contribution is 2.33. The highest BCUT2D eigenvalue weighted by atomic mass is 19.4. The molecule has 0 saturated heterocycles. The second-order valence-electron chi connectivity index (χ2n) is 6.98. The lowest BCUT2D eigenvalue weighted by atomic mass is 10.0. The molecular weight excluding hydrogens is 387 g/mol. The third-order valence-corrected chi connectivity index (χ3v) is 4.36. The molecule has 1 N–H and O–H groups in total. The van der Waals surface area contributed by atoms with Crippen LogP contribution >= 0.6 is 0 Å². The average molecular weight is 405 g/mol. The lowest BCUT2D eigenvalue weighted by molar-refractivity contribution is -0.137. The van der Waals surface area contributed by atoms with Gasteiger partial charge < -0.3 is 5.32 Å². The van der Waals surface area contributed by atoms with Crippen molar-refractivity contribution in [1.82, 2.24) is 19.6 Å². The summed E-state index contributed by atoms with van der Waals surface area (Å²) in [6.07, 6.45) is -0.0895. The minimum absolute atomic E-state index is 0.0146. The van der Waals surface area contributed by atoms with Gasteiger partial charge in [-0.25, -0.2) is 0 Å². The predicted molar refractivity (Wildman–Crippen MR) is 99.8 cm³/mol. The third-order valence-electron chi connectivity index (χ3n) is 4.36. The molecule has 3 rings (SSSR count). The number of anilines is 1. The zero-order chi connectivity index (χ0) is 21.4. The maximum Gasteiger partial charge on any atom is 0.416 e. The lowest BCUT2D eigenvalue weighted by Gasteiger charge is -2.25. The van der Waals surface area contributed by atoms with Crippen LogP contribution in [0.4, 0.5) is 18.9 Å². The van der Waals surface area contributed by atoms with Crippen molar-refractivity contribution in [2.75, 3.05) is 5.32 Å². The van der Waals surface area contributed by atoms with Crippen molar-refractivity contribution in [3.63, 3.8) is 0 Å². The first-order chi connectivity index (χ1) is 13.5. The highest BCUT2D eigenvalue weighted by Gasteiger charge is 2.34. The summed E-state index contributed by atoms with van der Waals surface area (Å²) in [6.45, 7) is 5.05. The van der Waals surface area contributed by atoms with Crippen LogP contribution in [0, 0.1) is 6.92 Å². The Bertz CT molecular complexity index is 1120. The Kier molecular flexibility index (Phi) is 5.04. The van der Waals surface area contributed by atoms with E-state index in [9.17, 15) is 22.8 Å². The molecule has 0 radical (unpaired) electrons. The van der Waals surface area contributed by atoms with E-state index in [1.807, 2.05) is 6.92 Å². The fraction of sp³-hybridized carbons (Fsp3) is 0.263. The normalized spacial score (nSPS) is 12.1. The van der Waals surface area contributed by atoms with Gasteiger partial charge >= 0.3 is 6.18 Å². The number of aryl methyl sites for hydroxylation is 1. The van der Waals surface area contributed by atoms with Gasteiger partial charge in [0.1, 0.15) is 5.54 Å². The van der Waals surface area contributed by atoms with Crippen LogP contribution in [0.2, 0.25) is 0 Å². The number of alkyl halides is 3. The van der Waals surface area contributed by atoms with E-state index >= 15 is 0 Å². The molecule has 0 bridgehead atoms. The lowest BCUT2D eigenvalue weighted by Crippen LogP contribution is -2.41. The van der Waals surface area contributed by atoms with Crippen LogP contribution in [0.3, 0.4) is 0 Å². The van der Waals surface area contributed by atoms with E-state index in [0.29, 0.717) is 0 Å². The molecule has 29 heavy (non-hydrogen) atoms. The van der Waals surface area contributed by atoms with E-state index in [1.165, 1.54) is 16.9 Å². The van der Waals surface area contributed by atoms with Crippen LogP contribution < -0.4 is 10.9 Å². The largest absolute Gasteiger partial charge is 0.416 e. The van der Waals surface area contributed by atoms with E-state index in [2.05, 4.69) is 15.5 Å². The van der Waals surface area contributed by atoms with Gasteiger partial charge in [-0.2, -0.15) is 28.1 Å². The number of nitrogens with one attached hydrogen (secondary N) is 1. The number of halogens is 3. The quantitative estimate of drug-likeness (QED) is 0.723. The summed E-state index contributed by atoms with van der Waals surface area (Å²) >= 11 is 0. The minimum atomic E-state index is -4.62. The standard InChI is InChI=1S/C19H18F3N5O2/c1-12-10-24-26(11-12)18(2,3)17(29)25-14-7-6-13(19(20,21)22)9-15(14)27-16(28)5-4-8-23-27/h4-11H,1-3H3,(H,25,29). The number of aromatic nitrogens is 4. The topological polar surface area (TPSA) is 81.8 Å². The van der Waals surface area contributed by atoms with Crippen LogP contribution in [0.15, 0.2) is 53.7 Å². The molecule has 0 unspecified atom stereocenters. The SMILES string of the molecule is Cc1cnn(C(C)(C)C(=O)Nc2ccc(C(F)(F)F)cc2-n2ncccc2=O)c1. The van der Waals surface area contributed by atoms with E-state index in [4.69, 9.17) is 0 Å². The van der Waals surface area contributed by atoms with Crippen molar-refractivity contribution in [2.24, 2.45) is 0 Å². The van der Waals surface area contributed by atoms with Gasteiger partial charge in [0.25, 0.3) is 11.5 Å². The second kappa shape index (κ2) is 7.19. The number of hydrogen-bond donors (Lipinski definition) is 1. The summed E-state index contributed by atoms with van der Waals surface area (Å²) in [7, 11) is 0. The Hall–Kier alpha value is -3.43. The second-order valence-corrected chi connectivity index (χ2v) is 6.98. The smallest absolute Gasteiger partial charge is 0.322 e. The summed E-state index contributed by atoms with van der Waals surface area (Å²) in [5.41, 5.74) is -2.06. The first-order valence-corrected chi connectivity index (χ1v) is 8.59. The number of rotatable bonds is 4. The molecule has 0 aliphatic heterocycles. The third kappa shape index (κ3) is 4.05. The molecular formula is C19H18F3N5O2. The first-order valence-electron chi connectivity index (χ1n) is 8.59. The molecule has 7 nitrogen and oxygen atoms in total.